The minimum Gasteiger partial charge on any atom is -0.494 e. The molecule has 1 aromatic carbocycles. The van der Waals surface area contributed by atoms with E-state index in [4.69, 9.17) is 9.47 Å². The highest BCUT2D eigenvalue weighted by atomic mass is 16.5. The molecule has 0 saturated heterocycles. The van der Waals surface area contributed by atoms with Crippen LogP contribution in [0.15, 0.2) is 36.4 Å². The van der Waals surface area contributed by atoms with Crippen LogP contribution in [0, 0.1) is 6.92 Å². The molecule has 19 heavy (non-hydrogen) atoms. The van der Waals surface area contributed by atoms with E-state index in [1.165, 1.54) is 17.0 Å². The molecule has 0 bridgehead atoms. The van der Waals surface area contributed by atoms with Crippen molar-refractivity contribution >= 4 is 0 Å². The Kier molecular flexibility index (Phi) is 4.63. The van der Waals surface area contributed by atoms with E-state index in [2.05, 4.69) is 35.8 Å². The van der Waals surface area contributed by atoms with Crippen LogP contribution in [0.25, 0.3) is 11.3 Å². The molecule has 1 aromatic heterocycles. The number of ether oxygens (including phenoxy) is 2. The second-order valence-electron chi connectivity index (χ2n) is 4.47. The van der Waals surface area contributed by atoms with E-state index in [1.54, 1.807) is 7.11 Å². The van der Waals surface area contributed by atoms with Gasteiger partial charge in [0.2, 0.25) is 0 Å². The Hall–Kier alpha value is -1.74. The van der Waals surface area contributed by atoms with Crippen LogP contribution in [-0.4, -0.2) is 24.9 Å². The highest BCUT2D eigenvalue weighted by Gasteiger charge is 2.08. The lowest BCUT2D eigenvalue weighted by Crippen LogP contribution is -2.07. The normalized spacial score (nSPS) is 10.7. The molecule has 3 heteroatoms. The Labute approximate surface area is 114 Å². The first-order valence-corrected chi connectivity index (χ1v) is 6.64. The first-order chi connectivity index (χ1) is 9.26. The van der Waals surface area contributed by atoms with Gasteiger partial charge in [0.05, 0.1) is 13.2 Å². The lowest BCUT2D eigenvalue weighted by Gasteiger charge is -2.12. The van der Waals surface area contributed by atoms with E-state index in [1.807, 2.05) is 19.1 Å². The van der Waals surface area contributed by atoms with Crippen molar-refractivity contribution in [3.8, 4) is 17.0 Å². The molecule has 0 atom stereocenters. The van der Waals surface area contributed by atoms with Crippen molar-refractivity contribution in [1.29, 1.82) is 0 Å². The summed E-state index contributed by atoms with van der Waals surface area (Å²) >= 11 is 0. The standard InChI is InChI=1S/C16H21NO2/c1-4-19-15-7-5-6-14(12-15)16-9-8-13(2)17(16)10-11-18-3/h5-9,12H,4,10-11H2,1-3H3. The summed E-state index contributed by atoms with van der Waals surface area (Å²) in [5, 5.41) is 0. The van der Waals surface area contributed by atoms with Gasteiger partial charge >= 0.3 is 0 Å². The number of nitrogens with zero attached hydrogens (tertiary/aromatic N) is 1. The Morgan fingerprint density at radius 3 is 2.74 bits per heavy atom. The number of hydrogen-bond donors (Lipinski definition) is 0. The van der Waals surface area contributed by atoms with Crippen molar-refractivity contribution in [2.45, 2.75) is 20.4 Å². The predicted octanol–water partition coefficient (Wildman–Crippen LogP) is 3.51. The summed E-state index contributed by atoms with van der Waals surface area (Å²) in [7, 11) is 1.73. The molecule has 2 aromatic rings. The van der Waals surface area contributed by atoms with E-state index in [9.17, 15) is 0 Å². The molecule has 0 spiro atoms. The third-order valence-corrected chi connectivity index (χ3v) is 3.16. The van der Waals surface area contributed by atoms with Crippen LogP contribution < -0.4 is 4.74 Å². The Morgan fingerprint density at radius 1 is 1.16 bits per heavy atom. The highest BCUT2D eigenvalue weighted by molar-refractivity contribution is 5.62. The maximum Gasteiger partial charge on any atom is 0.119 e. The first-order valence-electron chi connectivity index (χ1n) is 6.64. The van der Waals surface area contributed by atoms with Crippen molar-refractivity contribution in [3.05, 3.63) is 42.1 Å². The number of aromatic nitrogens is 1. The molecule has 0 N–H and O–H groups in total. The molecule has 0 aliphatic heterocycles. The molecule has 102 valence electrons. The van der Waals surface area contributed by atoms with Crippen molar-refractivity contribution in [2.75, 3.05) is 20.3 Å². The zero-order valence-electron chi connectivity index (χ0n) is 11.8. The number of methoxy groups -OCH3 is 1. The molecule has 2 rings (SSSR count). The fourth-order valence-corrected chi connectivity index (χ4v) is 2.21. The van der Waals surface area contributed by atoms with Gasteiger partial charge in [-0.15, -0.1) is 0 Å². The molecular weight excluding hydrogens is 238 g/mol. The van der Waals surface area contributed by atoms with Crippen molar-refractivity contribution in [3.63, 3.8) is 0 Å². The van der Waals surface area contributed by atoms with Crippen LogP contribution in [-0.2, 0) is 11.3 Å². The lowest BCUT2D eigenvalue weighted by molar-refractivity contribution is 0.187. The molecule has 0 radical (unpaired) electrons. The molecule has 0 saturated carbocycles. The van der Waals surface area contributed by atoms with E-state index < -0.39 is 0 Å². The van der Waals surface area contributed by atoms with Crippen LogP contribution in [0.3, 0.4) is 0 Å². The fraction of sp³-hybridized carbons (Fsp3) is 0.375. The van der Waals surface area contributed by atoms with E-state index >= 15 is 0 Å². The SMILES string of the molecule is CCOc1cccc(-c2ccc(C)n2CCOC)c1. The van der Waals surface area contributed by atoms with Crippen LogP contribution in [0.1, 0.15) is 12.6 Å². The molecule has 0 unspecified atom stereocenters. The first kappa shape index (κ1) is 13.7. The molecule has 1 heterocycles. The Bertz CT molecular complexity index is 531. The topological polar surface area (TPSA) is 23.4 Å². The molecule has 0 aliphatic carbocycles. The molecule has 0 aliphatic rings. The monoisotopic (exact) mass is 259 g/mol. The molecule has 3 nitrogen and oxygen atoms in total. The highest BCUT2D eigenvalue weighted by Crippen LogP contribution is 2.26. The summed E-state index contributed by atoms with van der Waals surface area (Å²) in [5.41, 5.74) is 3.63. The molecular formula is C16H21NO2. The van der Waals surface area contributed by atoms with Crippen molar-refractivity contribution in [1.82, 2.24) is 4.57 Å². The van der Waals surface area contributed by atoms with Gasteiger partial charge in [-0.2, -0.15) is 0 Å². The zero-order chi connectivity index (χ0) is 13.7. The average Bonchev–Trinajstić information content (AvgIpc) is 2.78. The molecule has 0 fully saturated rings. The fourth-order valence-electron chi connectivity index (χ4n) is 2.21. The van der Waals surface area contributed by atoms with Crippen LogP contribution >= 0.6 is 0 Å². The van der Waals surface area contributed by atoms with Crippen LogP contribution in [0.5, 0.6) is 5.75 Å². The van der Waals surface area contributed by atoms with Gasteiger partial charge in [-0.1, -0.05) is 12.1 Å². The summed E-state index contributed by atoms with van der Waals surface area (Å²) in [6.45, 7) is 6.38. The third kappa shape index (κ3) is 3.18. The van der Waals surface area contributed by atoms with Gasteiger partial charge in [0.1, 0.15) is 5.75 Å². The predicted molar refractivity (Wildman–Crippen MR) is 77.7 cm³/mol. The summed E-state index contributed by atoms with van der Waals surface area (Å²) in [6, 6.07) is 12.5. The largest absolute Gasteiger partial charge is 0.494 e. The van der Waals surface area contributed by atoms with Gasteiger partial charge in [0.15, 0.2) is 0 Å². The summed E-state index contributed by atoms with van der Waals surface area (Å²) in [4.78, 5) is 0. The number of hydrogen-bond acceptors (Lipinski definition) is 2. The van der Waals surface area contributed by atoms with E-state index in [0.29, 0.717) is 13.2 Å². The second kappa shape index (κ2) is 6.43. The summed E-state index contributed by atoms with van der Waals surface area (Å²) < 4.78 is 13.0. The van der Waals surface area contributed by atoms with Crippen LogP contribution in [0.2, 0.25) is 0 Å². The van der Waals surface area contributed by atoms with E-state index in [0.717, 1.165) is 12.3 Å². The lowest BCUT2D eigenvalue weighted by atomic mass is 10.1. The van der Waals surface area contributed by atoms with Gasteiger partial charge in [-0.05, 0) is 38.1 Å². The number of aryl methyl sites for hydroxylation is 1. The minimum atomic E-state index is 0.688. The van der Waals surface area contributed by atoms with Gasteiger partial charge in [-0.25, -0.2) is 0 Å². The van der Waals surface area contributed by atoms with Gasteiger partial charge in [-0.3, -0.25) is 0 Å². The average molecular weight is 259 g/mol. The minimum absolute atomic E-state index is 0.688. The van der Waals surface area contributed by atoms with Crippen molar-refractivity contribution in [2.24, 2.45) is 0 Å². The van der Waals surface area contributed by atoms with Crippen molar-refractivity contribution < 1.29 is 9.47 Å². The summed E-state index contributed by atoms with van der Waals surface area (Å²) in [5.74, 6) is 0.914. The second-order valence-corrected chi connectivity index (χ2v) is 4.47. The molecule has 0 amide bonds. The smallest absolute Gasteiger partial charge is 0.119 e. The van der Waals surface area contributed by atoms with Crippen LogP contribution in [0.4, 0.5) is 0 Å². The maximum absolute atomic E-state index is 5.56. The quantitative estimate of drug-likeness (QED) is 0.792. The van der Waals surface area contributed by atoms with Gasteiger partial charge in [0.25, 0.3) is 0 Å². The Morgan fingerprint density at radius 2 is 2.00 bits per heavy atom. The Balaban J connectivity index is 2.32. The maximum atomic E-state index is 5.56. The third-order valence-electron chi connectivity index (χ3n) is 3.16. The zero-order valence-corrected chi connectivity index (χ0v) is 11.8. The van der Waals surface area contributed by atoms with Gasteiger partial charge in [0, 0.05) is 30.6 Å². The van der Waals surface area contributed by atoms with Gasteiger partial charge < -0.3 is 14.0 Å². The van der Waals surface area contributed by atoms with E-state index in [-0.39, 0.29) is 0 Å². The number of rotatable bonds is 6. The number of benzene rings is 1. The summed E-state index contributed by atoms with van der Waals surface area (Å²) in [6.07, 6.45) is 0.